The second-order valence-electron chi connectivity index (χ2n) is 10.9. The van der Waals surface area contributed by atoms with Crippen molar-refractivity contribution in [1.29, 1.82) is 0 Å². The number of hydrogen-bond acceptors (Lipinski definition) is 3. The Morgan fingerprint density at radius 3 is 1.30 bits per heavy atom. The zero-order valence-electron chi connectivity index (χ0n) is 21.1. The monoisotopic (exact) mass is 481 g/mol. The van der Waals surface area contributed by atoms with Crippen molar-refractivity contribution in [3.05, 3.63) is 31.5 Å². The lowest BCUT2D eigenvalue weighted by Crippen LogP contribution is -2.58. The molecule has 0 aliphatic rings. The molecule has 0 saturated carbocycles. The van der Waals surface area contributed by atoms with Crippen molar-refractivity contribution in [3.8, 4) is 0 Å². The van der Waals surface area contributed by atoms with Gasteiger partial charge in [-0.1, -0.05) is 41.5 Å². The van der Waals surface area contributed by atoms with E-state index in [2.05, 4.69) is 0 Å². The molecular weight excluding hydrogens is 442 g/mol. The predicted molar refractivity (Wildman–Crippen MR) is 122 cm³/mol. The summed E-state index contributed by atoms with van der Waals surface area (Å²) < 4.78 is 60.2. The van der Waals surface area contributed by atoms with Crippen molar-refractivity contribution in [3.63, 3.8) is 0 Å². The van der Waals surface area contributed by atoms with Crippen LogP contribution < -0.4 is 17.1 Å². The molecule has 0 fully saturated rings. The molecule has 0 aromatic carbocycles. The molecule has 0 saturated heterocycles. The highest BCUT2D eigenvalue weighted by Gasteiger charge is 2.35. The standard InChI is InChI=1S/C23H39F4N3O3/c1-15(2)11-21(7,24)13-29-18(31)28(10-9-23(26,27)17(5)6)19(32)30(20(29)33)14-22(8,25)12-16(3)4/h15-17H,9-14H2,1-8H3. The summed E-state index contributed by atoms with van der Waals surface area (Å²) in [4.78, 5) is 39.0. The van der Waals surface area contributed by atoms with Crippen LogP contribution in [0.5, 0.6) is 0 Å². The first-order valence-electron chi connectivity index (χ1n) is 11.5. The molecule has 33 heavy (non-hydrogen) atoms. The Morgan fingerprint density at radius 2 is 1.00 bits per heavy atom. The number of aromatic nitrogens is 3. The Bertz CT molecular complexity index is 910. The van der Waals surface area contributed by atoms with Gasteiger partial charge in [-0.2, -0.15) is 0 Å². The summed E-state index contributed by atoms with van der Waals surface area (Å²) in [6, 6.07) is 0. The molecule has 2 atom stereocenters. The molecule has 0 aliphatic carbocycles. The fourth-order valence-corrected chi connectivity index (χ4v) is 4.18. The maximum absolute atomic E-state index is 15.2. The van der Waals surface area contributed by atoms with Crippen LogP contribution >= 0.6 is 0 Å². The summed E-state index contributed by atoms with van der Waals surface area (Å²) in [5.74, 6) is -4.39. The minimum absolute atomic E-state index is 0.0254. The van der Waals surface area contributed by atoms with Crippen LogP contribution in [0, 0.1) is 17.8 Å². The third kappa shape index (κ3) is 8.14. The molecule has 0 bridgehead atoms. The fraction of sp³-hybridized carbons (Fsp3) is 0.870. The van der Waals surface area contributed by atoms with Gasteiger partial charge in [-0.05, 0) is 38.5 Å². The van der Waals surface area contributed by atoms with E-state index in [9.17, 15) is 23.2 Å². The molecule has 1 aromatic rings. The van der Waals surface area contributed by atoms with E-state index in [4.69, 9.17) is 0 Å². The second kappa shape index (κ2) is 10.6. The van der Waals surface area contributed by atoms with Crippen molar-refractivity contribution < 1.29 is 17.6 Å². The molecular formula is C23H39F4N3O3. The van der Waals surface area contributed by atoms with Crippen LogP contribution in [-0.2, 0) is 19.6 Å². The van der Waals surface area contributed by atoms with Crippen LogP contribution in [0.4, 0.5) is 17.6 Å². The maximum Gasteiger partial charge on any atom is 0.336 e. The van der Waals surface area contributed by atoms with E-state index in [1.54, 1.807) is 27.7 Å². The summed E-state index contributed by atoms with van der Waals surface area (Å²) in [5, 5.41) is 0. The molecule has 2 unspecified atom stereocenters. The first kappa shape index (κ1) is 29.2. The highest BCUT2D eigenvalue weighted by atomic mass is 19.3. The second-order valence-corrected chi connectivity index (χ2v) is 10.9. The first-order chi connectivity index (χ1) is 14.8. The van der Waals surface area contributed by atoms with E-state index < -0.39 is 66.3 Å². The molecule has 1 heterocycles. The van der Waals surface area contributed by atoms with E-state index in [0.29, 0.717) is 13.7 Å². The van der Waals surface area contributed by atoms with Gasteiger partial charge in [0.25, 0.3) is 5.92 Å². The Balaban J connectivity index is 3.66. The smallest absolute Gasteiger partial charge is 0.247 e. The molecule has 6 nitrogen and oxygen atoms in total. The predicted octanol–water partition coefficient (Wildman–Crippen LogP) is 4.40. The highest BCUT2D eigenvalue weighted by molar-refractivity contribution is 4.87. The average molecular weight is 482 g/mol. The highest BCUT2D eigenvalue weighted by Crippen LogP contribution is 2.28. The van der Waals surface area contributed by atoms with E-state index in [1.165, 1.54) is 27.7 Å². The van der Waals surface area contributed by atoms with Crippen LogP contribution in [0.15, 0.2) is 14.4 Å². The Kier molecular flexibility index (Phi) is 9.36. The van der Waals surface area contributed by atoms with Crippen molar-refractivity contribution >= 4 is 0 Å². The van der Waals surface area contributed by atoms with Gasteiger partial charge in [0, 0.05) is 18.9 Å². The van der Waals surface area contributed by atoms with Gasteiger partial charge in [-0.3, -0.25) is 0 Å². The van der Waals surface area contributed by atoms with E-state index in [1.807, 2.05) is 0 Å². The summed E-state index contributed by atoms with van der Waals surface area (Å²) >= 11 is 0. The number of rotatable bonds is 12. The van der Waals surface area contributed by atoms with E-state index in [-0.39, 0.29) is 24.7 Å². The number of halogens is 4. The van der Waals surface area contributed by atoms with Gasteiger partial charge >= 0.3 is 17.1 Å². The van der Waals surface area contributed by atoms with Gasteiger partial charge in [0.2, 0.25) is 0 Å². The number of alkyl halides is 4. The topological polar surface area (TPSA) is 66.0 Å². The van der Waals surface area contributed by atoms with Gasteiger partial charge in [-0.15, -0.1) is 0 Å². The van der Waals surface area contributed by atoms with Gasteiger partial charge in [0.05, 0.1) is 13.1 Å². The Labute approximate surface area is 192 Å². The van der Waals surface area contributed by atoms with E-state index in [0.717, 1.165) is 0 Å². The average Bonchev–Trinajstić information content (AvgIpc) is 2.60. The quantitative estimate of drug-likeness (QED) is 0.416. The molecule has 0 N–H and O–H groups in total. The summed E-state index contributed by atoms with van der Waals surface area (Å²) in [7, 11) is 0. The Hall–Kier alpha value is -1.87. The number of nitrogens with zero attached hydrogens (tertiary/aromatic N) is 3. The lowest BCUT2D eigenvalue weighted by Gasteiger charge is -2.26. The third-order valence-corrected chi connectivity index (χ3v) is 5.54. The lowest BCUT2D eigenvalue weighted by atomic mass is 9.95. The SMILES string of the molecule is CC(C)CC(C)(F)Cn1c(=O)n(CCC(F)(F)C(C)C)c(=O)n(CC(C)(F)CC(C)C)c1=O. The van der Waals surface area contributed by atoms with Gasteiger partial charge < -0.3 is 0 Å². The zero-order chi connectivity index (χ0) is 25.9. The zero-order valence-corrected chi connectivity index (χ0v) is 21.1. The molecule has 0 aliphatic heterocycles. The van der Waals surface area contributed by atoms with Crippen LogP contribution in [0.25, 0.3) is 0 Å². The van der Waals surface area contributed by atoms with Crippen LogP contribution in [0.3, 0.4) is 0 Å². The summed E-state index contributed by atoms with van der Waals surface area (Å²) in [5.41, 5.74) is -7.43. The largest absolute Gasteiger partial charge is 0.336 e. The van der Waals surface area contributed by atoms with Crippen LogP contribution in [-0.4, -0.2) is 31.0 Å². The third-order valence-electron chi connectivity index (χ3n) is 5.54. The Morgan fingerprint density at radius 1 is 0.667 bits per heavy atom. The minimum atomic E-state index is -3.17. The van der Waals surface area contributed by atoms with Gasteiger partial charge in [0.1, 0.15) is 11.3 Å². The summed E-state index contributed by atoms with van der Waals surface area (Å²) in [6.45, 7) is 10.1. The van der Waals surface area contributed by atoms with Crippen molar-refractivity contribution in [2.75, 3.05) is 0 Å². The summed E-state index contributed by atoms with van der Waals surface area (Å²) in [6.07, 6.45) is -0.773. The number of hydrogen-bond donors (Lipinski definition) is 0. The molecule has 1 rings (SSSR count). The normalized spacial score (nSPS) is 16.5. The molecule has 0 radical (unpaired) electrons. The van der Waals surface area contributed by atoms with Crippen LogP contribution in [0.1, 0.15) is 74.7 Å². The molecule has 1 aromatic heterocycles. The fourth-order valence-electron chi connectivity index (χ4n) is 4.18. The molecule has 192 valence electrons. The maximum atomic E-state index is 15.2. The molecule has 0 amide bonds. The minimum Gasteiger partial charge on any atom is -0.247 e. The first-order valence-corrected chi connectivity index (χ1v) is 11.5. The lowest BCUT2D eigenvalue weighted by molar-refractivity contribution is -0.0561. The van der Waals surface area contributed by atoms with Gasteiger partial charge in [0.15, 0.2) is 0 Å². The van der Waals surface area contributed by atoms with Crippen molar-refractivity contribution in [2.45, 2.75) is 112 Å². The van der Waals surface area contributed by atoms with E-state index >= 15 is 8.78 Å². The van der Waals surface area contributed by atoms with Crippen LogP contribution in [0.2, 0.25) is 0 Å². The van der Waals surface area contributed by atoms with Crippen molar-refractivity contribution in [1.82, 2.24) is 13.7 Å². The molecule has 0 spiro atoms. The molecule has 10 heteroatoms. The van der Waals surface area contributed by atoms with Crippen molar-refractivity contribution in [2.24, 2.45) is 17.8 Å². The van der Waals surface area contributed by atoms with Gasteiger partial charge in [-0.25, -0.2) is 45.6 Å².